The highest BCUT2D eigenvalue weighted by atomic mass is 32.2. The Bertz CT molecular complexity index is 2940. The van der Waals surface area contributed by atoms with E-state index in [1.807, 2.05) is 75.4 Å². The normalized spacial score (nSPS) is 22.3. The lowest BCUT2D eigenvalue weighted by molar-refractivity contribution is -0.181. The monoisotopic (exact) mass is 1040 g/mol. The Morgan fingerprint density at radius 2 is 1.68 bits per heavy atom. The Morgan fingerprint density at radius 1 is 0.959 bits per heavy atom. The molecule has 0 unspecified atom stereocenters. The van der Waals surface area contributed by atoms with Crippen molar-refractivity contribution in [3.05, 3.63) is 112 Å². The summed E-state index contributed by atoms with van der Waals surface area (Å²) in [5, 5.41) is 27.5. The minimum Gasteiger partial charge on any atom is -0.497 e. The van der Waals surface area contributed by atoms with Crippen LogP contribution < -0.4 is 19.7 Å². The molecule has 3 aliphatic heterocycles. The molecule has 0 spiro atoms. The van der Waals surface area contributed by atoms with Gasteiger partial charge in [0.25, 0.3) is 5.91 Å². The number of ether oxygens (including phenoxy) is 5. The number of hydrogen-bond donors (Lipinski definition) is 3. The van der Waals surface area contributed by atoms with Gasteiger partial charge >= 0.3 is 11.9 Å². The topological polar surface area (TPSA) is 190 Å². The first-order valence-electron chi connectivity index (χ1n) is 25.3. The molecule has 4 aromatic carbocycles. The van der Waals surface area contributed by atoms with E-state index in [1.54, 1.807) is 18.2 Å². The van der Waals surface area contributed by atoms with Crippen LogP contribution >= 0.6 is 11.3 Å². The van der Waals surface area contributed by atoms with Gasteiger partial charge in [0.05, 0.1) is 61.3 Å². The van der Waals surface area contributed by atoms with Gasteiger partial charge in [0.2, 0.25) is 10.0 Å². The molecule has 17 heteroatoms. The number of carboxylic acids is 1. The molecular weight excluding hydrogens is 971 g/mol. The average Bonchev–Trinajstić information content (AvgIpc) is 4.14. The summed E-state index contributed by atoms with van der Waals surface area (Å²) in [5.74, 6) is -2.76. The first-order valence-corrected chi connectivity index (χ1v) is 27.6. The summed E-state index contributed by atoms with van der Waals surface area (Å²) < 4.78 is 59.2. The summed E-state index contributed by atoms with van der Waals surface area (Å²) in [6.07, 6.45) is 1.80. The first kappa shape index (κ1) is 52.3. The molecule has 4 heterocycles. The van der Waals surface area contributed by atoms with Gasteiger partial charge in [0.15, 0.2) is 5.79 Å². The van der Waals surface area contributed by atoms with Gasteiger partial charge < -0.3 is 44.1 Å². The SMILES string of the molecule is COc1ccc(S(=O)(=O)N(CC(C)C)C[C@@H](O)[C@@H](CC(=O)O[C@H]2CO[C@@]3(C)OCC[C@@H]23)Cc2ccc(N3CC[C@H](Oc4cc5ccccc5cc4C(=O)Nc4sc5c(c4C(=O)O)CC(C)(C)CC5)C3)cc2)cc1. The molecule has 390 valence electrons. The largest absolute Gasteiger partial charge is 0.497 e. The molecule has 15 nitrogen and oxygen atoms in total. The molecule has 0 bridgehead atoms. The van der Waals surface area contributed by atoms with Crippen LogP contribution in [0.25, 0.3) is 10.8 Å². The minimum absolute atomic E-state index is 0.0371. The third-order valence-electron chi connectivity index (χ3n) is 14.9. The lowest BCUT2D eigenvalue weighted by atomic mass is 9.76. The highest BCUT2D eigenvalue weighted by Gasteiger charge is 2.53. The van der Waals surface area contributed by atoms with Crippen molar-refractivity contribution >= 4 is 60.7 Å². The van der Waals surface area contributed by atoms with Crippen LogP contribution in [-0.4, -0.2) is 111 Å². The van der Waals surface area contributed by atoms with Crippen LogP contribution in [0.4, 0.5) is 10.7 Å². The smallest absolute Gasteiger partial charge is 0.339 e. The Labute approximate surface area is 431 Å². The maximum atomic E-state index is 14.2. The van der Waals surface area contributed by atoms with Crippen LogP contribution in [0, 0.1) is 23.2 Å². The number of carboxylic acid groups (broad SMARTS) is 1. The van der Waals surface area contributed by atoms with Crippen molar-refractivity contribution in [3.63, 3.8) is 0 Å². The second kappa shape index (κ2) is 21.4. The van der Waals surface area contributed by atoms with Gasteiger partial charge in [-0.2, -0.15) is 4.31 Å². The van der Waals surface area contributed by atoms with E-state index in [9.17, 15) is 33.0 Å². The van der Waals surface area contributed by atoms with Crippen LogP contribution in [0.5, 0.6) is 11.5 Å². The van der Waals surface area contributed by atoms with E-state index in [0.29, 0.717) is 61.0 Å². The van der Waals surface area contributed by atoms with E-state index in [4.69, 9.17) is 23.7 Å². The number of aliphatic hydroxyl groups is 1. The molecule has 1 amide bonds. The second-order valence-corrected chi connectivity index (χ2v) is 24.4. The van der Waals surface area contributed by atoms with E-state index in [2.05, 4.69) is 24.1 Å². The van der Waals surface area contributed by atoms with E-state index in [0.717, 1.165) is 45.3 Å². The Kier molecular flexibility index (Phi) is 15.3. The van der Waals surface area contributed by atoms with Gasteiger partial charge in [-0.15, -0.1) is 11.3 Å². The van der Waals surface area contributed by atoms with E-state index in [-0.39, 0.29) is 66.4 Å². The predicted molar refractivity (Wildman–Crippen MR) is 279 cm³/mol. The molecule has 5 aromatic rings. The summed E-state index contributed by atoms with van der Waals surface area (Å²) in [6.45, 7) is 11.8. The number of aliphatic hydroxyl groups excluding tert-OH is 1. The average molecular weight is 1040 g/mol. The number of methoxy groups -OCH3 is 1. The molecule has 1 aliphatic carbocycles. The number of benzene rings is 4. The molecule has 3 fully saturated rings. The van der Waals surface area contributed by atoms with Gasteiger partial charge in [0.1, 0.15) is 28.7 Å². The van der Waals surface area contributed by atoms with E-state index < -0.39 is 51.8 Å². The Hall–Kier alpha value is -5.56. The van der Waals surface area contributed by atoms with Crippen LogP contribution in [0.1, 0.15) is 97.0 Å². The molecule has 3 saturated heterocycles. The van der Waals surface area contributed by atoms with Crippen molar-refractivity contribution in [1.29, 1.82) is 0 Å². The molecule has 4 aliphatic rings. The van der Waals surface area contributed by atoms with Crippen LogP contribution in [0.2, 0.25) is 0 Å². The van der Waals surface area contributed by atoms with Crippen molar-refractivity contribution in [2.75, 3.05) is 56.7 Å². The summed E-state index contributed by atoms with van der Waals surface area (Å²) in [7, 11) is -2.54. The number of aromatic carboxylic acids is 1. The number of sulfonamides is 1. The highest BCUT2D eigenvalue weighted by Crippen LogP contribution is 2.45. The summed E-state index contributed by atoms with van der Waals surface area (Å²) in [6, 6.07) is 25.5. The summed E-state index contributed by atoms with van der Waals surface area (Å²) >= 11 is 1.35. The van der Waals surface area contributed by atoms with Crippen molar-refractivity contribution in [2.24, 2.45) is 23.2 Å². The van der Waals surface area contributed by atoms with Gasteiger partial charge in [0, 0.05) is 42.5 Å². The molecule has 9 rings (SSSR count). The van der Waals surface area contributed by atoms with E-state index in [1.165, 1.54) is 34.9 Å². The number of rotatable bonds is 19. The fraction of sp³-hybridized carbons (Fsp3) is 0.482. The standard InChI is InChI=1S/C56H67N3O12S2/c1-34(2)30-59(73(65,66)42-17-15-40(67-6)16-18-42)32-46(60)38(28-50(61)71-48-33-69-56(5)45(48)21-24-68-56)25-35-11-13-39(14-12-35)58-23-20-41(31-58)70-47-27-37-10-8-7-9-36(37)26-43(47)52(62)57-53-51(54(63)64)44-29-55(3,4)22-19-49(44)72-53/h7-18,26-27,34,38,41,45-46,48,60H,19-25,28-33H2,1-6H3,(H,57,62)(H,63,64)/t38-,41+,45+,46-,48+,56-/m1/s1. The number of nitrogens with one attached hydrogen (secondary N) is 1. The van der Waals surface area contributed by atoms with Crippen LogP contribution in [0.3, 0.4) is 0 Å². The van der Waals surface area contributed by atoms with Crippen molar-refractivity contribution < 1.29 is 56.7 Å². The number of anilines is 2. The van der Waals surface area contributed by atoms with Crippen LogP contribution in [-0.2, 0) is 48.3 Å². The Balaban J connectivity index is 0.904. The quantitative estimate of drug-likeness (QED) is 0.0665. The second-order valence-electron chi connectivity index (χ2n) is 21.4. The number of amides is 1. The fourth-order valence-corrected chi connectivity index (χ4v) is 13.7. The third-order valence-corrected chi connectivity index (χ3v) is 18.0. The third kappa shape index (κ3) is 11.6. The predicted octanol–water partition coefficient (Wildman–Crippen LogP) is 8.98. The summed E-state index contributed by atoms with van der Waals surface area (Å²) in [5.41, 5.74) is 3.03. The van der Waals surface area contributed by atoms with Gasteiger partial charge in [-0.1, -0.05) is 64.1 Å². The molecule has 0 radical (unpaired) electrons. The van der Waals surface area contributed by atoms with Gasteiger partial charge in [-0.3, -0.25) is 9.59 Å². The highest BCUT2D eigenvalue weighted by molar-refractivity contribution is 7.89. The molecule has 6 atom stereocenters. The van der Waals surface area contributed by atoms with E-state index >= 15 is 0 Å². The molecule has 1 aromatic heterocycles. The lowest BCUT2D eigenvalue weighted by Crippen LogP contribution is -2.43. The number of esters is 1. The lowest BCUT2D eigenvalue weighted by Gasteiger charge is -2.30. The first-order chi connectivity index (χ1) is 34.8. The zero-order chi connectivity index (χ0) is 51.8. The summed E-state index contributed by atoms with van der Waals surface area (Å²) in [4.78, 5) is 43.9. The number of nitrogens with zero attached hydrogens (tertiary/aromatic N) is 2. The van der Waals surface area contributed by atoms with Gasteiger partial charge in [-0.25, -0.2) is 13.2 Å². The van der Waals surface area contributed by atoms with Crippen molar-refractivity contribution in [1.82, 2.24) is 4.31 Å². The van der Waals surface area contributed by atoms with Crippen molar-refractivity contribution in [3.8, 4) is 11.5 Å². The van der Waals surface area contributed by atoms with Gasteiger partial charge in [-0.05, 0) is 121 Å². The number of aryl methyl sites for hydroxylation is 1. The maximum Gasteiger partial charge on any atom is 0.339 e. The number of thiophene rings is 1. The number of hydrogen-bond acceptors (Lipinski definition) is 13. The minimum atomic E-state index is -4.05. The molecule has 73 heavy (non-hydrogen) atoms. The fourth-order valence-electron chi connectivity index (χ4n) is 10.9. The Morgan fingerprint density at radius 3 is 2.38 bits per heavy atom. The number of fused-ring (bicyclic) bond motifs is 3. The molecular formula is C56H67N3O12S2. The van der Waals surface area contributed by atoms with Crippen molar-refractivity contribution in [2.45, 2.75) is 109 Å². The maximum absolute atomic E-state index is 14.2. The molecule has 0 saturated carbocycles. The zero-order valence-corrected chi connectivity index (χ0v) is 44.1. The number of carbonyl (C=O) groups is 3. The number of carbonyl (C=O) groups excluding carboxylic acids is 2. The van der Waals surface area contributed by atoms with Crippen LogP contribution in [0.15, 0.2) is 89.8 Å². The molecule has 3 N–H and O–H groups in total. The zero-order valence-electron chi connectivity index (χ0n) is 42.4.